The molecule has 2 saturated carbocycles. The number of hydrogen-bond acceptors (Lipinski definition) is 8. The van der Waals surface area contributed by atoms with Gasteiger partial charge in [0.15, 0.2) is 0 Å². The highest BCUT2D eigenvalue weighted by Crippen LogP contribution is 2.47. The molecule has 6 atom stereocenters. The number of hydrogen-bond donors (Lipinski definition) is 2. The number of carbonyl (C=O) groups is 3. The number of pyridine rings is 1. The second kappa shape index (κ2) is 13.0. The molecule has 3 heterocycles. The molecule has 0 unspecified atom stereocenters. The lowest BCUT2D eigenvalue weighted by atomic mass is 9.91. The van der Waals surface area contributed by atoms with Gasteiger partial charge in [-0.25, -0.2) is 13.4 Å². The molecule has 3 amide bonds. The average Bonchev–Trinajstić information content (AvgIpc) is 3.88. The molecule has 12 heteroatoms. The van der Waals surface area contributed by atoms with Crippen LogP contribution < -0.4 is 19.5 Å². The first-order valence-corrected chi connectivity index (χ1v) is 18.7. The standard InChI is InChI=1S/C36H48N4O7S/c1-22(2)46-27-10-11-29-25(18-27)12-15-37-33(29)47-28-19-30-32(42)38-36(34(43)39-48(44,45)35(5)13-14-35)20-26(36)9-7-6-8-23(3)16-24(4)17-31(41)40(30)21-28/h7,9-12,15,18,22-24,26,28,30H,6,8,13-14,16-17,19-21H2,1-5H3,(H,38,42)(H,39,43)/b9-7-/t23-,24+,26+,28+,30-,36+/m0/s1. The third-order valence-electron chi connectivity index (χ3n) is 10.4. The Morgan fingerprint density at radius 1 is 1.12 bits per heavy atom. The van der Waals surface area contributed by atoms with Gasteiger partial charge in [-0.2, -0.15) is 0 Å². The number of fused-ring (bicyclic) bond motifs is 3. The number of nitrogens with zero attached hydrogens (tertiary/aromatic N) is 2. The Hall–Kier alpha value is -3.67. The van der Waals surface area contributed by atoms with E-state index in [0.717, 1.165) is 35.8 Å². The van der Waals surface area contributed by atoms with Gasteiger partial charge in [0.2, 0.25) is 27.7 Å². The van der Waals surface area contributed by atoms with Crippen molar-refractivity contribution >= 4 is 38.5 Å². The second-order valence-electron chi connectivity index (χ2n) is 15.0. The Morgan fingerprint density at radius 3 is 2.62 bits per heavy atom. The van der Waals surface area contributed by atoms with Gasteiger partial charge in [-0.3, -0.25) is 19.1 Å². The fourth-order valence-electron chi connectivity index (χ4n) is 7.14. The summed E-state index contributed by atoms with van der Waals surface area (Å²) in [5.41, 5.74) is -1.41. The largest absolute Gasteiger partial charge is 0.491 e. The normalized spacial score (nSPS) is 31.1. The summed E-state index contributed by atoms with van der Waals surface area (Å²) >= 11 is 0. The van der Waals surface area contributed by atoms with Gasteiger partial charge >= 0.3 is 0 Å². The summed E-state index contributed by atoms with van der Waals surface area (Å²) in [6.07, 6.45) is 9.41. The van der Waals surface area contributed by atoms with Crippen molar-refractivity contribution in [1.82, 2.24) is 19.9 Å². The third kappa shape index (κ3) is 7.04. The van der Waals surface area contributed by atoms with Gasteiger partial charge in [-0.05, 0) is 101 Å². The van der Waals surface area contributed by atoms with Crippen LogP contribution in [0.3, 0.4) is 0 Å². The number of amides is 3. The number of rotatable bonds is 7. The lowest BCUT2D eigenvalue weighted by molar-refractivity contribution is -0.140. The first kappa shape index (κ1) is 34.2. The molecule has 1 aromatic carbocycles. The van der Waals surface area contributed by atoms with Crippen LogP contribution in [0.4, 0.5) is 0 Å². The fourth-order valence-corrected chi connectivity index (χ4v) is 8.46. The van der Waals surface area contributed by atoms with E-state index in [1.807, 2.05) is 50.3 Å². The Balaban J connectivity index is 1.27. The van der Waals surface area contributed by atoms with Gasteiger partial charge in [0, 0.05) is 30.3 Å². The van der Waals surface area contributed by atoms with Crippen LogP contribution >= 0.6 is 0 Å². The van der Waals surface area contributed by atoms with Gasteiger partial charge in [0.1, 0.15) is 23.4 Å². The van der Waals surface area contributed by atoms with Crippen LogP contribution in [0, 0.1) is 17.8 Å². The molecule has 4 aliphatic rings. The second-order valence-corrected chi connectivity index (χ2v) is 17.2. The van der Waals surface area contributed by atoms with E-state index in [1.165, 1.54) is 0 Å². The van der Waals surface area contributed by atoms with Crippen molar-refractivity contribution in [3.8, 4) is 11.6 Å². The molecule has 2 aromatic rings. The van der Waals surface area contributed by atoms with Crippen molar-refractivity contribution in [2.45, 2.75) is 115 Å². The molecular weight excluding hydrogens is 632 g/mol. The predicted octanol–water partition coefficient (Wildman–Crippen LogP) is 4.65. The Kier molecular flexibility index (Phi) is 9.25. The van der Waals surface area contributed by atoms with Crippen molar-refractivity contribution < 1.29 is 32.3 Å². The molecule has 0 radical (unpaired) electrons. The van der Waals surface area contributed by atoms with E-state index in [-0.39, 0.29) is 49.7 Å². The third-order valence-corrected chi connectivity index (χ3v) is 12.5. The van der Waals surface area contributed by atoms with E-state index in [2.05, 4.69) is 28.9 Å². The van der Waals surface area contributed by atoms with Crippen LogP contribution in [0.25, 0.3) is 10.8 Å². The maximum absolute atomic E-state index is 14.1. The highest BCUT2D eigenvalue weighted by Gasteiger charge is 2.63. The van der Waals surface area contributed by atoms with Crippen LogP contribution in [0.2, 0.25) is 0 Å². The summed E-state index contributed by atoms with van der Waals surface area (Å²) in [7, 11) is -3.91. The van der Waals surface area contributed by atoms with E-state index in [1.54, 1.807) is 18.0 Å². The molecule has 260 valence electrons. The maximum atomic E-state index is 14.1. The number of aromatic nitrogens is 1. The van der Waals surface area contributed by atoms with Gasteiger partial charge in [-0.15, -0.1) is 0 Å². The molecule has 11 nitrogen and oxygen atoms in total. The first-order chi connectivity index (χ1) is 22.7. The highest BCUT2D eigenvalue weighted by atomic mass is 32.2. The summed E-state index contributed by atoms with van der Waals surface area (Å²) < 4.78 is 39.6. The molecule has 3 fully saturated rings. The van der Waals surface area contributed by atoms with E-state index < -0.39 is 44.3 Å². The Labute approximate surface area is 283 Å². The topological polar surface area (TPSA) is 144 Å². The van der Waals surface area contributed by atoms with Crippen molar-refractivity contribution in [2.24, 2.45) is 17.8 Å². The van der Waals surface area contributed by atoms with Gasteiger partial charge in [-0.1, -0.05) is 26.0 Å². The molecular formula is C36H48N4O7S. The molecule has 6 rings (SSSR count). The minimum Gasteiger partial charge on any atom is -0.491 e. The zero-order valence-corrected chi connectivity index (χ0v) is 29.3. The minimum absolute atomic E-state index is 0.0249. The highest BCUT2D eigenvalue weighted by molar-refractivity contribution is 7.91. The van der Waals surface area contributed by atoms with E-state index in [9.17, 15) is 22.8 Å². The van der Waals surface area contributed by atoms with E-state index in [0.29, 0.717) is 24.6 Å². The molecule has 0 bridgehead atoms. The van der Waals surface area contributed by atoms with Crippen LogP contribution in [-0.4, -0.2) is 71.1 Å². The summed E-state index contributed by atoms with van der Waals surface area (Å²) in [6.45, 7) is 9.97. The Morgan fingerprint density at radius 2 is 1.90 bits per heavy atom. The Bertz CT molecular complexity index is 1720. The van der Waals surface area contributed by atoms with Crippen LogP contribution in [0.5, 0.6) is 11.6 Å². The molecule has 2 N–H and O–H groups in total. The number of ether oxygens (including phenoxy) is 2. The summed E-state index contributed by atoms with van der Waals surface area (Å²) in [5.74, 6) is -0.0940. The zero-order valence-electron chi connectivity index (χ0n) is 28.5. The maximum Gasteiger partial charge on any atom is 0.259 e. The summed E-state index contributed by atoms with van der Waals surface area (Å²) in [5, 5.41) is 4.60. The summed E-state index contributed by atoms with van der Waals surface area (Å²) in [6, 6.07) is 6.66. The lowest BCUT2D eigenvalue weighted by Gasteiger charge is -2.28. The predicted molar refractivity (Wildman–Crippen MR) is 182 cm³/mol. The SMILES string of the molecule is CC(C)Oc1ccc2c(O[C@@H]3C[C@H]4C(=O)N[C@]5(C(=O)NS(=O)(=O)C6(C)CC6)C[C@H]5/C=C\CC[C@H](C)C[C@@H](C)CC(=O)N4C3)nccc2c1. The number of nitrogens with one attached hydrogen (secondary N) is 2. The van der Waals surface area contributed by atoms with Crippen LogP contribution in [0.1, 0.15) is 86.0 Å². The quantitative estimate of drug-likeness (QED) is 0.403. The molecule has 2 aliphatic heterocycles. The van der Waals surface area contributed by atoms with E-state index in [4.69, 9.17) is 9.47 Å². The van der Waals surface area contributed by atoms with Gasteiger partial charge in [0.25, 0.3) is 5.91 Å². The monoisotopic (exact) mass is 680 g/mol. The summed E-state index contributed by atoms with van der Waals surface area (Å²) in [4.78, 5) is 47.7. The molecule has 1 saturated heterocycles. The molecule has 1 aromatic heterocycles. The number of sulfonamides is 1. The van der Waals surface area contributed by atoms with Gasteiger partial charge < -0.3 is 19.7 Å². The van der Waals surface area contributed by atoms with Crippen LogP contribution in [0.15, 0.2) is 42.6 Å². The van der Waals surface area contributed by atoms with E-state index >= 15 is 0 Å². The van der Waals surface area contributed by atoms with Gasteiger partial charge in [0.05, 0.1) is 17.4 Å². The lowest BCUT2D eigenvalue weighted by Crippen LogP contribution is -2.57. The first-order valence-electron chi connectivity index (χ1n) is 17.3. The van der Waals surface area contributed by atoms with Crippen LogP contribution in [-0.2, 0) is 24.4 Å². The molecule has 48 heavy (non-hydrogen) atoms. The van der Waals surface area contributed by atoms with Crippen molar-refractivity contribution in [1.29, 1.82) is 0 Å². The molecule has 0 spiro atoms. The number of carbonyl (C=O) groups excluding carboxylic acids is 3. The number of benzene rings is 1. The van der Waals surface area contributed by atoms with Crippen molar-refractivity contribution in [3.63, 3.8) is 0 Å². The fraction of sp³-hybridized carbons (Fsp3) is 0.611. The zero-order chi connectivity index (χ0) is 34.4. The smallest absolute Gasteiger partial charge is 0.259 e. The minimum atomic E-state index is -3.91. The van der Waals surface area contributed by atoms with Crippen molar-refractivity contribution in [3.05, 3.63) is 42.6 Å². The molecule has 2 aliphatic carbocycles. The average molecular weight is 681 g/mol. The van der Waals surface area contributed by atoms with Crippen molar-refractivity contribution in [2.75, 3.05) is 6.54 Å². The number of allylic oxidation sites excluding steroid dienone is 1.